The molecule has 0 spiro atoms. The number of benzene rings is 2. The lowest BCUT2D eigenvalue weighted by Gasteiger charge is -2.16. The van der Waals surface area contributed by atoms with Gasteiger partial charge in [0.25, 0.3) is 0 Å². The van der Waals surface area contributed by atoms with Crippen LogP contribution in [-0.4, -0.2) is 29.9 Å². The zero-order chi connectivity index (χ0) is 15.5. The van der Waals surface area contributed by atoms with Gasteiger partial charge in [0.2, 0.25) is 5.91 Å². The van der Waals surface area contributed by atoms with E-state index in [4.69, 9.17) is 11.5 Å². The summed E-state index contributed by atoms with van der Waals surface area (Å²) in [5.74, 6) is -0.0253. The number of carbonyl (C=O) groups excluding carboxylic acids is 1. The van der Waals surface area contributed by atoms with Crippen molar-refractivity contribution in [3.63, 3.8) is 0 Å². The number of hydrogen-bond acceptors (Lipinski definition) is 3. The van der Waals surface area contributed by atoms with E-state index in [2.05, 4.69) is 29.2 Å². The van der Waals surface area contributed by atoms with E-state index < -0.39 is 0 Å². The Morgan fingerprint density at radius 2 is 1.83 bits per heavy atom. The van der Waals surface area contributed by atoms with Crippen LogP contribution in [0.1, 0.15) is 27.4 Å². The second-order valence-electron chi connectivity index (χ2n) is 5.94. The van der Waals surface area contributed by atoms with E-state index in [9.17, 15) is 4.79 Å². The Morgan fingerprint density at radius 1 is 1.09 bits per heavy atom. The van der Waals surface area contributed by atoms with Crippen LogP contribution in [0.25, 0.3) is 0 Å². The Labute approximate surface area is 142 Å². The van der Waals surface area contributed by atoms with Gasteiger partial charge in [0.1, 0.15) is 0 Å². The minimum atomic E-state index is -0.387. The highest BCUT2D eigenvalue weighted by Gasteiger charge is 2.30. The lowest BCUT2D eigenvalue weighted by Crippen LogP contribution is -2.28. The Hall–Kier alpha value is -1.88. The average Bonchev–Trinajstić information content (AvgIpc) is 2.89. The molecule has 5 heteroatoms. The van der Waals surface area contributed by atoms with E-state index in [-0.39, 0.29) is 24.4 Å². The molecule has 2 aromatic rings. The summed E-state index contributed by atoms with van der Waals surface area (Å²) in [5.41, 5.74) is 14.6. The fourth-order valence-corrected chi connectivity index (χ4v) is 3.18. The second kappa shape index (κ2) is 7.59. The lowest BCUT2D eigenvalue weighted by atomic mass is 9.95. The summed E-state index contributed by atoms with van der Waals surface area (Å²) in [4.78, 5) is 13.6. The Morgan fingerprint density at radius 3 is 2.52 bits per heavy atom. The second-order valence-corrected chi connectivity index (χ2v) is 5.94. The van der Waals surface area contributed by atoms with Crippen molar-refractivity contribution < 1.29 is 4.79 Å². The number of hydrogen-bond donors (Lipinski definition) is 2. The normalized spacial score (nSPS) is 20.9. The molecule has 0 bridgehead atoms. The van der Waals surface area contributed by atoms with Crippen LogP contribution in [0.5, 0.6) is 0 Å². The van der Waals surface area contributed by atoms with Crippen LogP contribution in [-0.2, 0) is 6.54 Å². The largest absolute Gasteiger partial charge is 0.366 e. The molecule has 0 aromatic heterocycles. The molecular weight excluding hydrogens is 310 g/mol. The number of rotatable bonds is 4. The first-order valence-corrected chi connectivity index (χ1v) is 7.55. The van der Waals surface area contributed by atoms with Crippen LogP contribution >= 0.6 is 12.4 Å². The molecule has 2 atom stereocenters. The topological polar surface area (TPSA) is 72.4 Å². The number of amides is 1. The van der Waals surface area contributed by atoms with E-state index in [0.717, 1.165) is 25.2 Å². The molecule has 0 radical (unpaired) electrons. The SMILES string of the molecule is Cl.NC(=O)c1cccc(CN2C[C@@H](N)[C@H](c3ccccc3)C2)c1. The number of halogens is 1. The van der Waals surface area contributed by atoms with Crippen molar-refractivity contribution in [2.45, 2.75) is 18.5 Å². The van der Waals surface area contributed by atoms with Crippen LogP contribution in [0.15, 0.2) is 54.6 Å². The monoisotopic (exact) mass is 331 g/mol. The predicted octanol–water partition coefficient (Wildman–Crippen LogP) is 2.13. The number of carbonyl (C=O) groups is 1. The molecule has 0 aliphatic carbocycles. The maximum absolute atomic E-state index is 11.3. The lowest BCUT2D eigenvalue weighted by molar-refractivity contribution is 0.1000. The van der Waals surface area contributed by atoms with Gasteiger partial charge >= 0.3 is 0 Å². The smallest absolute Gasteiger partial charge is 0.248 e. The van der Waals surface area contributed by atoms with E-state index in [1.54, 1.807) is 6.07 Å². The molecule has 1 heterocycles. The van der Waals surface area contributed by atoms with E-state index >= 15 is 0 Å². The van der Waals surface area contributed by atoms with Gasteiger partial charge in [-0.05, 0) is 23.3 Å². The summed E-state index contributed by atoms with van der Waals surface area (Å²) < 4.78 is 0. The zero-order valence-electron chi connectivity index (χ0n) is 12.9. The van der Waals surface area contributed by atoms with Gasteiger partial charge in [-0.1, -0.05) is 42.5 Å². The van der Waals surface area contributed by atoms with Gasteiger partial charge in [0, 0.05) is 37.2 Å². The van der Waals surface area contributed by atoms with Gasteiger partial charge < -0.3 is 11.5 Å². The first kappa shape index (κ1) is 17.5. The maximum Gasteiger partial charge on any atom is 0.248 e. The van der Waals surface area contributed by atoms with Gasteiger partial charge in [-0.15, -0.1) is 12.4 Å². The van der Waals surface area contributed by atoms with E-state index in [1.807, 2.05) is 24.3 Å². The van der Waals surface area contributed by atoms with Crippen LogP contribution in [0.2, 0.25) is 0 Å². The molecular formula is C18H22ClN3O. The van der Waals surface area contributed by atoms with Crippen molar-refractivity contribution in [2.24, 2.45) is 11.5 Å². The van der Waals surface area contributed by atoms with Gasteiger partial charge in [0.05, 0.1) is 0 Å². The van der Waals surface area contributed by atoms with Crippen molar-refractivity contribution in [3.8, 4) is 0 Å². The van der Waals surface area contributed by atoms with Crippen molar-refractivity contribution in [3.05, 3.63) is 71.3 Å². The van der Waals surface area contributed by atoms with Gasteiger partial charge in [-0.25, -0.2) is 0 Å². The summed E-state index contributed by atoms with van der Waals surface area (Å²) in [6, 6.07) is 18.1. The first-order valence-electron chi connectivity index (χ1n) is 7.55. The standard InChI is InChI=1S/C18H21N3O.ClH/c19-17-12-21(11-16(17)14-6-2-1-3-7-14)10-13-5-4-8-15(9-13)18(20)22;/h1-9,16-17H,10-12,19H2,(H2,20,22);1H/t16-,17+;/m0./s1. The van der Waals surface area contributed by atoms with Crippen LogP contribution in [0.4, 0.5) is 0 Å². The number of primary amides is 1. The van der Waals surface area contributed by atoms with Crippen LogP contribution in [0.3, 0.4) is 0 Å². The van der Waals surface area contributed by atoms with Crippen molar-refractivity contribution in [1.29, 1.82) is 0 Å². The molecule has 3 rings (SSSR count). The molecule has 1 saturated heterocycles. The summed E-state index contributed by atoms with van der Waals surface area (Å²) in [6.07, 6.45) is 0. The van der Waals surface area contributed by atoms with Gasteiger partial charge in [0.15, 0.2) is 0 Å². The van der Waals surface area contributed by atoms with Gasteiger partial charge in [-0.3, -0.25) is 9.69 Å². The molecule has 4 nitrogen and oxygen atoms in total. The molecule has 23 heavy (non-hydrogen) atoms. The summed E-state index contributed by atoms with van der Waals surface area (Å²) in [6.45, 7) is 2.59. The number of likely N-dealkylation sites (tertiary alicyclic amines) is 1. The molecule has 1 aliphatic rings. The van der Waals surface area contributed by atoms with Crippen molar-refractivity contribution in [1.82, 2.24) is 4.90 Å². The molecule has 1 aliphatic heterocycles. The van der Waals surface area contributed by atoms with Crippen molar-refractivity contribution >= 4 is 18.3 Å². The third-order valence-electron chi connectivity index (χ3n) is 4.29. The fourth-order valence-electron chi connectivity index (χ4n) is 3.18. The fraction of sp³-hybridized carbons (Fsp3) is 0.278. The molecule has 1 amide bonds. The van der Waals surface area contributed by atoms with E-state index in [1.165, 1.54) is 5.56 Å². The molecule has 122 valence electrons. The summed E-state index contributed by atoms with van der Waals surface area (Å²) >= 11 is 0. The predicted molar refractivity (Wildman–Crippen MR) is 94.6 cm³/mol. The van der Waals surface area contributed by atoms with E-state index in [0.29, 0.717) is 11.5 Å². The van der Waals surface area contributed by atoms with Crippen LogP contribution in [0, 0.1) is 0 Å². The van der Waals surface area contributed by atoms with Gasteiger partial charge in [-0.2, -0.15) is 0 Å². The highest BCUT2D eigenvalue weighted by molar-refractivity contribution is 5.92. The summed E-state index contributed by atoms with van der Waals surface area (Å²) in [5, 5.41) is 0. The minimum Gasteiger partial charge on any atom is -0.366 e. The first-order chi connectivity index (χ1) is 10.6. The molecule has 0 saturated carbocycles. The molecule has 2 aromatic carbocycles. The highest BCUT2D eigenvalue weighted by atomic mass is 35.5. The molecule has 1 fully saturated rings. The minimum absolute atomic E-state index is 0. The quantitative estimate of drug-likeness (QED) is 0.901. The summed E-state index contributed by atoms with van der Waals surface area (Å²) in [7, 11) is 0. The third-order valence-corrected chi connectivity index (χ3v) is 4.29. The number of nitrogens with zero attached hydrogens (tertiary/aromatic N) is 1. The molecule has 0 unspecified atom stereocenters. The Balaban J connectivity index is 0.00000192. The zero-order valence-corrected chi connectivity index (χ0v) is 13.7. The Bertz CT molecular complexity index is 662. The third kappa shape index (κ3) is 4.10. The highest BCUT2D eigenvalue weighted by Crippen LogP contribution is 2.27. The van der Waals surface area contributed by atoms with Crippen LogP contribution < -0.4 is 11.5 Å². The average molecular weight is 332 g/mol. The number of nitrogens with two attached hydrogens (primary N) is 2. The van der Waals surface area contributed by atoms with Crippen molar-refractivity contribution in [2.75, 3.05) is 13.1 Å². The Kier molecular flexibility index (Phi) is 5.77. The molecule has 4 N–H and O–H groups in total. The maximum atomic E-state index is 11.3.